The molecule has 0 saturated carbocycles. The Labute approximate surface area is 104 Å². The Balaban J connectivity index is 2.66. The number of aliphatic carboxylic acids is 1. The Kier molecular flexibility index (Phi) is 4.65. The Morgan fingerprint density at radius 3 is 2.61 bits per heavy atom. The van der Waals surface area contributed by atoms with Crippen molar-refractivity contribution in [2.45, 2.75) is 13.8 Å². The van der Waals surface area contributed by atoms with Gasteiger partial charge in [-0.15, -0.1) is 0 Å². The van der Waals surface area contributed by atoms with Crippen molar-refractivity contribution >= 4 is 11.9 Å². The standard InChI is InChI=1S/C12H16N2O4/c1-7(2)9(12(17)18)6-14-11(16)8-3-4-13-10(15)5-8/h3-5,7,9H,6H2,1-2H3,(H,13,15)(H,14,16)(H,17,18). The molecule has 0 aliphatic rings. The second-order valence-electron chi connectivity index (χ2n) is 4.34. The molecule has 1 amide bonds. The molecule has 1 heterocycles. The SMILES string of the molecule is CC(C)C(CNC(=O)c1cc[nH]c(=O)c1)C(=O)O. The quantitative estimate of drug-likeness (QED) is 0.709. The maximum Gasteiger partial charge on any atom is 0.308 e. The van der Waals surface area contributed by atoms with Crippen molar-refractivity contribution in [3.05, 3.63) is 34.2 Å². The molecule has 1 unspecified atom stereocenters. The van der Waals surface area contributed by atoms with Gasteiger partial charge in [-0.3, -0.25) is 14.4 Å². The molecule has 0 bridgehead atoms. The van der Waals surface area contributed by atoms with Crippen LogP contribution in [-0.2, 0) is 4.79 Å². The van der Waals surface area contributed by atoms with Gasteiger partial charge in [0.25, 0.3) is 5.91 Å². The van der Waals surface area contributed by atoms with E-state index in [4.69, 9.17) is 5.11 Å². The molecule has 98 valence electrons. The predicted octanol–water partition coefficient (Wildman–Crippen LogP) is 0.461. The van der Waals surface area contributed by atoms with Crippen LogP contribution in [0.5, 0.6) is 0 Å². The van der Waals surface area contributed by atoms with Crippen LogP contribution in [0.25, 0.3) is 0 Å². The summed E-state index contributed by atoms with van der Waals surface area (Å²) in [5, 5.41) is 11.5. The van der Waals surface area contributed by atoms with Crippen molar-refractivity contribution in [2.24, 2.45) is 11.8 Å². The van der Waals surface area contributed by atoms with Gasteiger partial charge < -0.3 is 15.4 Å². The molecular formula is C12H16N2O4. The van der Waals surface area contributed by atoms with Gasteiger partial charge in [-0.05, 0) is 12.0 Å². The van der Waals surface area contributed by atoms with Crippen LogP contribution in [0.4, 0.5) is 0 Å². The van der Waals surface area contributed by atoms with Crippen molar-refractivity contribution in [3.63, 3.8) is 0 Å². The first-order valence-electron chi connectivity index (χ1n) is 5.61. The minimum atomic E-state index is -0.948. The maximum atomic E-state index is 11.7. The summed E-state index contributed by atoms with van der Waals surface area (Å²) in [6.45, 7) is 3.59. The van der Waals surface area contributed by atoms with E-state index in [2.05, 4.69) is 10.3 Å². The molecule has 18 heavy (non-hydrogen) atoms. The van der Waals surface area contributed by atoms with Crippen molar-refractivity contribution in [2.75, 3.05) is 6.54 Å². The lowest BCUT2D eigenvalue weighted by Crippen LogP contribution is -2.35. The first kappa shape index (κ1) is 14.0. The number of carbonyl (C=O) groups excluding carboxylic acids is 1. The molecule has 3 N–H and O–H groups in total. The topological polar surface area (TPSA) is 99.3 Å². The van der Waals surface area contributed by atoms with Gasteiger partial charge in [-0.1, -0.05) is 13.8 Å². The van der Waals surface area contributed by atoms with Crippen molar-refractivity contribution < 1.29 is 14.7 Å². The van der Waals surface area contributed by atoms with Gasteiger partial charge in [0.15, 0.2) is 0 Å². The van der Waals surface area contributed by atoms with Crippen LogP contribution in [0.15, 0.2) is 23.1 Å². The van der Waals surface area contributed by atoms with Gasteiger partial charge in [0.05, 0.1) is 5.92 Å². The zero-order chi connectivity index (χ0) is 13.7. The number of carboxylic acids is 1. The molecule has 0 radical (unpaired) electrons. The van der Waals surface area contributed by atoms with Crippen LogP contribution < -0.4 is 10.9 Å². The van der Waals surface area contributed by atoms with Crippen LogP contribution in [0.1, 0.15) is 24.2 Å². The van der Waals surface area contributed by atoms with Gasteiger partial charge >= 0.3 is 5.97 Å². The summed E-state index contributed by atoms with van der Waals surface area (Å²) in [6.07, 6.45) is 1.37. The highest BCUT2D eigenvalue weighted by atomic mass is 16.4. The lowest BCUT2D eigenvalue weighted by atomic mass is 9.96. The molecule has 0 fully saturated rings. The van der Waals surface area contributed by atoms with Crippen molar-refractivity contribution in [1.29, 1.82) is 0 Å². The van der Waals surface area contributed by atoms with E-state index in [1.165, 1.54) is 18.3 Å². The summed E-state index contributed by atoms with van der Waals surface area (Å²) in [6, 6.07) is 2.63. The Morgan fingerprint density at radius 1 is 1.44 bits per heavy atom. The van der Waals surface area contributed by atoms with Crippen LogP contribution in [0.2, 0.25) is 0 Å². The summed E-state index contributed by atoms with van der Waals surface area (Å²) < 4.78 is 0. The number of pyridine rings is 1. The number of rotatable bonds is 5. The predicted molar refractivity (Wildman–Crippen MR) is 65.4 cm³/mol. The van der Waals surface area contributed by atoms with Crippen LogP contribution in [0, 0.1) is 11.8 Å². The molecule has 0 spiro atoms. The third-order valence-corrected chi connectivity index (χ3v) is 2.64. The fourth-order valence-corrected chi connectivity index (χ4v) is 1.50. The molecule has 0 aliphatic heterocycles. The van der Waals surface area contributed by atoms with E-state index in [0.717, 1.165) is 0 Å². The number of H-pyrrole nitrogens is 1. The Bertz CT molecular complexity index is 493. The summed E-state index contributed by atoms with van der Waals surface area (Å²) in [5.41, 5.74) is -0.159. The average Bonchev–Trinajstić information content (AvgIpc) is 2.28. The molecule has 1 aromatic heterocycles. The number of hydrogen-bond acceptors (Lipinski definition) is 3. The monoisotopic (exact) mass is 252 g/mol. The van der Waals surface area contributed by atoms with Gasteiger partial charge in [0.1, 0.15) is 0 Å². The van der Waals surface area contributed by atoms with E-state index in [1.807, 2.05) is 0 Å². The number of carboxylic acid groups (broad SMARTS) is 1. The molecule has 0 saturated heterocycles. The molecule has 1 atom stereocenters. The second-order valence-corrected chi connectivity index (χ2v) is 4.34. The van der Waals surface area contributed by atoms with Crippen molar-refractivity contribution in [1.82, 2.24) is 10.3 Å². The second kappa shape index (κ2) is 6.00. The molecule has 0 aromatic carbocycles. The fraction of sp³-hybridized carbons (Fsp3) is 0.417. The zero-order valence-corrected chi connectivity index (χ0v) is 10.3. The summed E-state index contributed by atoms with van der Waals surface area (Å²) in [7, 11) is 0. The van der Waals surface area contributed by atoms with Gasteiger partial charge in [-0.2, -0.15) is 0 Å². The normalized spacial score (nSPS) is 12.2. The summed E-state index contributed by atoms with van der Waals surface area (Å²) in [5.74, 6) is -2.12. The molecular weight excluding hydrogens is 236 g/mol. The lowest BCUT2D eigenvalue weighted by Gasteiger charge is -2.16. The smallest absolute Gasteiger partial charge is 0.308 e. The minimum Gasteiger partial charge on any atom is -0.481 e. The highest BCUT2D eigenvalue weighted by molar-refractivity contribution is 5.94. The number of aromatic nitrogens is 1. The summed E-state index contributed by atoms with van der Waals surface area (Å²) in [4.78, 5) is 36.0. The highest BCUT2D eigenvalue weighted by Gasteiger charge is 2.22. The number of aromatic amines is 1. The van der Waals surface area contributed by atoms with E-state index in [9.17, 15) is 14.4 Å². The van der Waals surface area contributed by atoms with Crippen LogP contribution >= 0.6 is 0 Å². The van der Waals surface area contributed by atoms with E-state index >= 15 is 0 Å². The third kappa shape index (κ3) is 3.73. The van der Waals surface area contributed by atoms with Crippen molar-refractivity contribution in [3.8, 4) is 0 Å². The Hall–Kier alpha value is -2.11. The number of hydrogen-bond donors (Lipinski definition) is 3. The number of nitrogens with one attached hydrogen (secondary N) is 2. The fourth-order valence-electron chi connectivity index (χ4n) is 1.50. The van der Waals surface area contributed by atoms with Crippen LogP contribution in [-0.4, -0.2) is 28.5 Å². The number of carbonyl (C=O) groups is 2. The zero-order valence-electron chi connectivity index (χ0n) is 10.3. The molecule has 0 aliphatic carbocycles. The molecule has 6 heteroatoms. The molecule has 6 nitrogen and oxygen atoms in total. The maximum absolute atomic E-state index is 11.7. The first-order chi connectivity index (χ1) is 8.41. The number of amides is 1. The minimum absolute atomic E-state index is 0.0403. The first-order valence-corrected chi connectivity index (χ1v) is 5.61. The van der Waals surface area contributed by atoms with Gasteiger partial charge in [-0.25, -0.2) is 0 Å². The third-order valence-electron chi connectivity index (χ3n) is 2.64. The molecule has 1 aromatic rings. The van der Waals surface area contributed by atoms with E-state index in [1.54, 1.807) is 13.8 Å². The highest BCUT2D eigenvalue weighted by Crippen LogP contribution is 2.09. The van der Waals surface area contributed by atoms with Gasteiger partial charge in [0.2, 0.25) is 5.56 Å². The van der Waals surface area contributed by atoms with Crippen LogP contribution in [0.3, 0.4) is 0 Å². The van der Waals surface area contributed by atoms with Gasteiger partial charge in [0, 0.05) is 24.4 Å². The average molecular weight is 252 g/mol. The van der Waals surface area contributed by atoms with E-state index in [0.29, 0.717) is 0 Å². The van der Waals surface area contributed by atoms with E-state index < -0.39 is 17.8 Å². The van der Waals surface area contributed by atoms with E-state index in [-0.39, 0.29) is 23.6 Å². The largest absolute Gasteiger partial charge is 0.481 e. The molecule has 1 rings (SSSR count). The summed E-state index contributed by atoms with van der Waals surface area (Å²) >= 11 is 0. The lowest BCUT2D eigenvalue weighted by molar-refractivity contribution is -0.142. The Morgan fingerprint density at radius 2 is 2.11 bits per heavy atom.